The third-order valence-electron chi connectivity index (χ3n) is 8.31. The Bertz CT molecular complexity index is 2840. The number of aryl methyl sites for hydroxylation is 1. The van der Waals surface area contributed by atoms with Crippen molar-refractivity contribution >= 4 is 26.5 Å². The molecule has 0 amide bonds. The van der Waals surface area contributed by atoms with Gasteiger partial charge in [-0.25, -0.2) is 0 Å². The predicted molar refractivity (Wildman–Crippen MR) is 245 cm³/mol. The Balaban J connectivity index is 0.000000240. The van der Waals surface area contributed by atoms with Gasteiger partial charge in [0.1, 0.15) is 0 Å². The second-order valence-corrected chi connectivity index (χ2v) is 26.4. The van der Waals surface area contributed by atoms with Gasteiger partial charge < -0.3 is 15.0 Å². The summed E-state index contributed by atoms with van der Waals surface area (Å²) in [4.78, 5) is 13.1. The number of aromatic nitrogens is 3. The molecular formula is C51H56IrN3Si2. The molecule has 0 aliphatic rings. The van der Waals surface area contributed by atoms with Crippen LogP contribution in [0.3, 0.4) is 0 Å². The van der Waals surface area contributed by atoms with Crippen LogP contribution in [0.1, 0.15) is 48.3 Å². The van der Waals surface area contributed by atoms with Crippen LogP contribution < -0.4 is 10.4 Å². The smallest absolute Gasteiger partial charge is 0.305 e. The van der Waals surface area contributed by atoms with Gasteiger partial charge in [0.15, 0.2) is 0 Å². The normalized spacial score (nSPS) is 14.8. The van der Waals surface area contributed by atoms with E-state index in [0.29, 0.717) is 16.8 Å². The maximum Gasteiger partial charge on any atom is 3.00 e. The summed E-state index contributed by atoms with van der Waals surface area (Å²) in [5.41, 5.74) is 2.65. The summed E-state index contributed by atoms with van der Waals surface area (Å²) in [5, 5.41) is 2.61. The third-order valence-corrected chi connectivity index (χ3v) is 12.4. The third kappa shape index (κ3) is 13.8. The standard InChI is InChI=1S/C23H24N.2C14H16NSi.Ir/c1-17-16-24-22(20-8-6-5-7-9-20)14-21(17)19-12-10-18(11-13-19)15-23(2,3)4;2*1-16(2,3)13-9-10-14(15-11-13)12-7-5-4-6-8-12;/h5-8,10-14,16H,15H2,1-4H3;2*4-7,9-11H,1-3H3;/q3*-1;+3/i1D3,12D,13D,14D,15D2;4D,5D,6D,7D;;. The van der Waals surface area contributed by atoms with Crippen molar-refractivity contribution < 1.29 is 36.6 Å². The summed E-state index contributed by atoms with van der Waals surface area (Å²) in [6, 6.07) is 33.0. The fourth-order valence-corrected chi connectivity index (χ4v) is 7.30. The summed E-state index contributed by atoms with van der Waals surface area (Å²) >= 11 is 0. The molecule has 0 aliphatic heterocycles. The molecular weight excluding hydrogens is 903 g/mol. The average Bonchev–Trinajstić information content (AvgIpc) is 3.27. The molecule has 4 aromatic carbocycles. The van der Waals surface area contributed by atoms with E-state index in [9.17, 15) is 0 Å². The minimum atomic E-state index is -2.62. The SMILES string of the molecule is C[Si](C)(C)c1ccc(-c2[c-]cccc2)nc1.[2H]c1[c-]c(-c2ccc([Si](C)(C)C)cn2)c([2H])c([2H])c1[2H].[2H]c1cc(C([2H])([2H])C(C)(C)C)cc([2H])c1-c1c(C([2H])([2H])[2H])cnc(-c2[c-]cccc2)c1[2H].[Ir+3]. The Hall–Kier alpha value is -4.59. The van der Waals surface area contributed by atoms with Crippen molar-refractivity contribution in [1.82, 2.24) is 15.0 Å². The Morgan fingerprint density at radius 2 is 1.18 bits per heavy atom. The minimum Gasteiger partial charge on any atom is -0.305 e. The van der Waals surface area contributed by atoms with Crippen LogP contribution in [0, 0.1) is 30.5 Å². The maximum atomic E-state index is 8.74. The second-order valence-electron chi connectivity index (χ2n) is 16.2. The zero-order valence-corrected chi connectivity index (χ0v) is 38.4. The molecule has 0 unspecified atom stereocenters. The molecule has 0 saturated carbocycles. The number of hydrogen-bond donors (Lipinski definition) is 0. The van der Waals surface area contributed by atoms with E-state index in [1.54, 1.807) is 57.3 Å². The van der Waals surface area contributed by atoms with Crippen LogP contribution in [-0.4, -0.2) is 31.1 Å². The van der Waals surface area contributed by atoms with Crippen LogP contribution in [0.4, 0.5) is 0 Å². The van der Waals surface area contributed by atoms with E-state index in [-0.39, 0.29) is 90.4 Å². The Kier molecular flexibility index (Phi) is 10.8. The van der Waals surface area contributed by atoms with E-state index in [2.05, 4.69) is 84.6 Å². The first-order chi connectivity index (χ1) is 31.4. The van der Waals surface area contributed by atoms with Crippen LogP contribution in [0.25, 0.3) is 44.9 Å². The molecule has 7 rings (SSSR count). The van der Waals surface area contributed by atoms with Gasteiger partial charge >= 0.3 is 20.1 Å². The molecule has 0 saturated heterocycles. The van der Waals surface area contributed by atoms with Gasteiger partial charge in [-0.2, -0.15) is 0 Å². The Morgan fingerprint density at radius 3 is 1.65 bits per heavy atom. The van der Waals surface area contributed by atoms with Crippen LogP contribution in [-0.2, 0) is 26.5 Å². The van der Waals surface area contributed by atoms with Crippen molar-refractivity contribution in [3.8, 4) is 44.9 Å². The minimum absolute atomic E-state index is 0. The predicted octanol–water partition coefficient (Wildman–Crippen LogP) is 12.3. The van der Waals surface area contributed by atoms with Gasteiger partial charge in [0.25, 0.3) is 0 Å². The van der Waals surface area contributed by atoms with Crippen LogP contribution in [0.15, 0.2) is 146 Å². The molecule has 0 spiro atoms. The number of hydrogen-bond acceptors (Lipinski definition) is 3. The van der Waals surface area contributed by atoms with Gasteiger partial charge in [-0.1, -0.05) is 115 Å². The van der Waals surface area contributed by atoms with Gasteiger partial charge in [0.2, 0.25) is 0 Å². The van der Waals surface area contributed by atoms with E-state index >= 15 is 0 Å². The number of rotatable bonds is 7. The van der Waals surface area contributed by atoms with Gasteiger partial charge in [-0.15, -0.1) is 108 Å². The quantitative estimate of drug-likeness (QED) is 0.118. The van der Waals surface area contributed by atoms with Gasteiger partial charge in [-0.3, -0.25) is 0 Å². The molecule has 3 heterocycles. The van der Waals surface area contributed by atoms with Crippen molar-refractivity contribution in [3.63, 3.8) is 0 Å². The summed E-state index contributed by atoms with van der Waals surface area (Å²) in [6.45, 7) is 16.2. The maximum absolute atomic E-state index is 8.74. The molecule has 3 aromatic heterocycles. The van der Waals surface area contributed by atoms with E-state index in [0.717, 1.165) is 17.5 Å². The first kappa shape index (κ1) is 30.5. The second kappa shape index (κ2) is 20.2. The molecule has 0 atom stereocenters. The fourth-order valence-electron chi connectivity index (χ4n) is 5.23. The Labute approximate surface area is 375 Å². The summed E-state index contributed by atoms with van der Waals surface area (Å²) in [5.74, 6) is 0. The van der Waals surface area contributed by atoms with Gasteiger partial charge in [-0.05, 0) is 71.1 Å². The molecule has 6 heteroatoms. The summed E-state index contributed by atoms with van der Waals surface area (Å²) in [6.07, 6.45) is 3.16. The monoisotopic (exact) mass is 971 g/mol. The van der Waals surface area contributed by atoms with Crippen LogP contribution in [0.2, 0.25) is 39.3 Å². The van der Waals surface area contributed by atoms with Crippen molar-refractivity contribution in [2.24, 2.45) is 5.41 Å². The van der Waals surface area contributed by atoms with Crippen molar-refractivity contribution in [2.75, 3.05) is 0 Å². The molecule has 292 valence electrons. The van der Waals surface area contributed by atoms with E-state index in [1.165, 1.54) is 22.5 Å². The van der Waals surface area contributed by atoms with Gasteiger partial charge in [0.05, 0.1) is 20.3 Å². The van der Waals surface area contributed by atoms with Crippen molar-refractivity contribution in [1.29, 1.82) is 0 Å². The summed E-state index contributed by atoms with van der Waals surface area (Å²) < 4.78 is 97.3. The van der Waals surface area contributed by atoms with Crippen molar-refractivity contribution in [3.05, 3.63) is 175 Å². The van der Waals surface area contributed by atoms with E-state index in [4.69, 9.17) is 16.4 Å². The molecule has 0 aliphatic carbocycles. The topological polar surface area (TPSA) is 38.7 Å². The average molecular weight is 971 g/mol. The van der Waals surface area contributed by atoms with Crippen LogP contribution >= 0.6 is 0 Å². The molecule has 0 radical (unpaired) electrons. The number of nitrogens with zero attached hydrogens (tertiary/aromatic N) is 3. The largest absolute Gasteiger partial charge is 3.00 e. The van der Waals surface area contributed by atoms with Crippen LogP contribution in [0.5, 0.6) is 0 Å². The zero-order valence-electron chi connectivity index (χ0n) is 46.0. The number of benzene rings is 4. The molecule has 0 N–H and O–H groups in total. The fraction of sp³-hybridized carbons (Fsp3) is 0.235. The molecule has 0 bridgehead atoms. The molecule has 0 fully saturated rings. The molecule has 57 heavy (non-hydrogen) atoms. The van der Waals surface area contributed by atoms with Gasteiger partial charge in [0, 0.05) is 28.2 Å². The first-order valence-corrected chi connectivity index (χ1v) is 25.4. The van der Waals surface area contributed by atoms with E-state index < -0.39 is 34.8 Å². The summed E-state index contributed by atoms with van der Waals surface area (Å²) in [7, 11) is -2.66. The first-order valence-electron chi connectivity index (χ1n) is 24.4. The Morgan fingerprint density at radius 1 is 0.632 bits per heavy atom. The number of pyridine rings is 3. The molecule has 7 aromatic rings. The molecule has 3 nitrogen and oxygen atoms in total. The van der Waals surface area contributed by atoms with E-state index in [1.807, 2.05) is 36.5 Å². The zero-order chi connectivity index (χ0) is 50.7. The van der Waals surface area contributed by atoms with Crippen molar-refractivity contribution in [2.45, 2.75) is 73.3 Å².